The SMILES string of the molecule is O=C(NC1CCN(CCO)CC1)N1CC[C@](O)(c2ccccc2)C1. The Labute approximate surface area is 143 Å². The van der Waals surface area contributed by atoms with Crippen molar-refractivity contribution in [2.24, 2.45) is 0 Å². The number of carbonyl (C=O) groups is 1. The molecule has 2 fully saturated rings. The minimum atomic E-state index is -0.941. The number of carbonyl (C=O) groups excluding carboxylic acids is 1. The number of nitrogens with zero attached hydrogens (tertiary/aromatic N) is 2. The van der Waals surface area contributed by atoms with Crippen molar-refractivity contribution in [2.45, 2.75) is 30.9 Å². The van der Waals surface area contributed by atoms with Gasteiger partial charge in [0, 0.05) is 32.2 Å². The number of rotatable bonds is 4. The van der Waals surface area contributed by atoms with Crippen LogP contribution in [0.1, 0.15) is 24.8 Å². The van der Waals surface area contributed by atoms with Gasteiger partial charge in [0.15, 0.2) is 0 Å². The number of likely N-dealkylation sites (tertiary alicyclic amines) is 2. The molecule has 0 unspecified atom stereocenters. The molecule has 1 atom stereocenters. The van der Waals surface area contributed by atoms with Gasteiger partial charge in [0.25, 0.3) is 0 Å². The number of hydrogen-bond acceptors (Lipinski definition) is 4. The van der Waals surface area contributed by atoms with Gasteiger partial charge in [0.1, 0.15) is 5.60 Å². The zero-order chi connectivity index (χ0) is 17.0. The topological polar surface area (TPSA) is 76.0 Å². The summed E-state index contributed by atoms with van der Waals surface area (Å²) in [5, 5.41) is 22.9. The summed E-state index contributed by atoms with van der Waals surface area (Å²) in [5.41, 5.74) is -0.0686. The van der Waals surface area contributed by atoms with E-state index in [0.717, 1.165) is 31.5 Å². The van der Waals surface area contributed by atoms with E-state index in [9.17, 15) is 9.90 Å². The number of β-amino-alcohol motifs (C(OH)–C–C–N with tert-alkyl or cyclic N) is 2. The second kappa shape index (κ2) is 7.51. The van der Waals surface area contributed by atoms with E-state index >= 15 is 0 Å². The van der Waals surface area contributed by atoms with E-state index in [0.29, 0.717) is 26.1 Å². The molecule has 3 N–H and O–H groups in total. The van der Waals surface area contributed by atoms with Gasteiger partial charge in [-0.15, -0.1) is 0 Å². The van der Waals surface area contributed by atoms with Crippen LogP contribution in [0.25, 0.3) is 0 Å². The van der Waals surface area contributed by atoms with E-state index < -0.39 is 5.60 Å². The summed E-state index contributed by atoms with van der Waals surface area (Å²) in [6.07, 6.45) is 2.38. The van der Waals surface area contributed by atoms with Crippen molar-refractivity contribution >= 4 is 6.03 Å². The number of amides is 2. The lowest BCUT2D eigenvalue weighted by molar-refractivity contribution is 0.0490. The summed E-state index contributed by atoms with van der Waals surface area (Å²) < 4.78 is 0. The number of urea groups is 1. The van der Waals surface area contributed by atoms with Crippen LogP contribution in [0.5, 0.6) is 0 Å². The molecule has 2 aliphatic heterocycles. The Kier molecular flexibility index (Phi) is 5.38. The molecule has 0 spiro atoms. The Bertz CT molecular complexity index is 546. The van der Waals surface area contributed by atoms with Crippen LogP contribution >= 0.6 is 0 Å². The molecule has 1 aromatic carbocycles. The highest BCUT2D eigenvalue weighted by Gasteiger charge is 2.39. The first-order valence-corrected chi connectivity index (χ1v) is 8.77. The first kappa shape index (κ1) is 17.2. The maximum Gasteiger partial charge on any atom is 0.317 e. The molecular formula is C18H27N3O3. The Morgan fingerprint density at radius 3 is 2.58 bits per heavy atom. The number of aliphatic hydroxyl groups is 2. The van der Waals surface area contributed by atoms with Crippen LogP contribution in [0.4, 0.5) is 4.79 Å². The van der Waals surface area contributed by atoms with Crippen LogP contribution in [-0.4, -0.2) is 71.4 Å². The maximum atomic E-state index is 12.5. The molecule has 3 rings (SSSR count). The molecule has 0 bridgehead atoms. The van der Waals surface area contributed by atoms with Crippen LogP contribution in [-0.2, 0) is 5.60 Å². The third kappa shape index (κ3) is 3.88. The molecule has 6 heteroatoms. The Hall–Kier alpha value is -1.63. The molecule has 0 aliphatic carbocycles. The molecule has 2 saturated heterocycles. The third-order valence-electron chi connectivity index (χ3n) is 5.18. The fourth-order valence-corrected chi connectivity index (χ4v) is 3.66. The van der Waals surface area contributed by atoms with Crippen molar-refractivity contribution in [2.75, 3.05) is 39.3 Å². The average molecular weight is 333 g/mol. The summed E-state index contributed by atoms with van der Waals surface area (Å²) in [7, 11) is 0. The van der Waals surface area contributed by atoms with Gasteiger partial charge in [0.2, 0.25) is 0 Å². The zero-order valence-corrected chi connectivity index (χ0v) is 14.0. The summed E-state index contributed by atoms with van der Waals surface area (Å²) in [5.74, 6) is 0. The molecule has 24 heavy (non-hydrogen) atoms. The van der Waals surface area contributed by atoms with Crippen molar-refractivity contribution in [3.63, 3.8) is 0 Å². The molecule has 1 aromatic rings. The second-order valence-corrected chi connectivity index (χ2v) is 6.86. The maximum absolute atomic E-state index is 12.5. The predicted molar refractivity (Wildman–Crippen MR) is 91.6 cm³/mol. The molecule has 6 nitrogen and oxygen atoms in total. The smallest absolute Gasteiger partial charge is 0.317 e. The van der Waals surface area contributed by atoms with Gasteiger partial charge >= 0.3 is 6.03 Å². The average Bonchev–Trinajstić information content (AvgIpc) is 3.02. The standard InChI is InChI=1S/C18H27N3O3/c22-13-12-20-9-6-16(7-10-20)19-17(23)21-11-8-18(24,14-21)15-4-2-1-3-5-15/h1-5,16,22,24H,6-14H2,(H,19,23)/t18-/m1/s1. The molecule has 2 aliphatic rings. The van der Waals surface area contributed by atoms with Crippen LogP contribution in [0, 0.1) is 0 Å². The van der Waals surface area contributed by atoms with Crippen LogP contribution in [0.2, 0.25) is 0 Å². The van der Waals surface area contributed by atoms with Gasteiger partial charge < -0.3 is 25.3 Å². The monoisotopic (exact) mass is 333 g/mol. The van der Waals surface area contributed by atoms with Crippen LogP contribution in [0.3, 0.4) is 0 Å². The lowest BCUT2D eigenvalue weighted by Gasteiger charge is -2.33. The fourth-order valence-electron chi connectivity index (χ4n) is 3.66. The largest absolute Gasteiger partial charge is 0.395 e. The number of nitrogens with one attached hydrogen (secondary N) is 1. The van der Waals surface area contributed by atoms with E-state index in [2.05, 4.69) is 10.2 Å². The van der Waals surface area contributed by atoms with E-state index in [1.54, 1.807) is 4.90 Å². The van der Waals surface area contributed by atoms with Crippen molar-refractivity contribution in [3.8, 4) is 0 Å². The lowest BCUT2D eigenvalue weighted by atomic mass is 9.93. The Morgan fingerprint density at radius 1 is 1.21 bits per heavy atom. The Morgan fingerprint density at radius 2 is 1.92 bits per heavy atom. The highest BCUT2D eigenvalue weighted by Crippen LogP contribution is 2.31. The third-order valence-corrected chi connectivity index (χ3v) is 5.18. The van der Waals surface area contributed by atoms with Gasteiger partial charge in [-0.2, -0.15) is 0 Å². The molecule has 0 saturated carbocycles. The van der Waals surface area contributed by atoms with Crippen LogP contribution < -0.4 is 5.32 Å². The van der Waals surface area contributed by atoms with Gasteiger partial charge in [-0.25, -0.2) is 4.79 Å². The van der Waals surface area contributed by atoms with E-state index in [4.69, 9.17) is 5.11 Å². The molecule has 2 heterocycles. The van der Waals surface area contributed by atoms with Crippen LogP contribution in [0.15, 0.2) is 30.3 Å². The van der Waals surface area contributed by atoms with Crippen molar-refractivity contribution in [1.82, 2.24) is 15.1 Å². The van der Waals surface area contributed by atoms with E-state index in [1.165, 1.54) is 0 Å². The number of benzene rings is 1. The number of hydrogen-bond donors (Lipinski definition) is 3. The highest BCUT2D eigenvalue weighted by molar-refractivity contribution is 5.75. The molecule has 2 amide bonds. The molecule has 0 radical (unpaired) electrons. The Balaban J connectivity index is 1.50. The van der Waals surface area contributed by atoms with E-state index in [-0.39, 0.29) is 18.7 Å². The van der Waals surface area contributed by atoms with Gasteiger partial charge in [0.05, 0.1) is 13.2 Å². The van der Waals surface area contributed by atoms with Crippen molar-refractivity contribution in [3.05, 3.63) is 35.9 Å². The summed E-state index contributed by atoms with van der Waals surface area (Å²) in [6.45, 7) is 3.60. The summed E-state index contributed by atoms with van der Waals surface area (Å²) in [4.78, 5) is 16.4. The predicted octanol–water partition coefficient (Wildman–Crippen LogP) is 0.746. The normalized spacial score (nSPS) is 25.8. The van der Waals surface area contributed by atoms with Gasteiger partial charge in [-0.1, -0.05) is 30.3 Å². The molecule has 0 aromatic heterocycles. The minimum Gasteiger partial charge on any atom is -0.395 e. The first-order valence-electron chi connectivity index (χ1n) is 8.77. The van der Waals surface area contributed by atoms with Gasteiger partial charge in [-0.3, -0.25) is 0 Å². The zero-order valence-electron chi connectivity index (χ0n) is 14.0. The molecular weight excluding hydrogens is 306 g/mol. The van der Waals surface area contributed by atoms with Crippen molar-refractivity contribution in [1.29, 1.82) is 0 Å². The van der Waals surface area contributed by atoms with Crippen molar-refractivity contribution < 1.29 is 15.0 Å². The van der Waals surface area contributed by atoms with E-state index in [1.807, 2.05) is 30.3 Å². The number of piperidine rings is 1. The highest BCUT2D eigenvalue weighted by atomic mass is 16.3. The van der Waals surface area contributed by atoms with Gasteiger partial charge in [-0.05, 0) is 24.8 Å². The molecule has 132 valence electrons. The quantitative estimate of drug-likeness (QED) is 0.760. The number of aliphatic hydroxyl groups excluding tert-OH is 1. The fraction of sp³-hybridized carbons (Fsp3) is 0.611. The summed E-state index contributed by atoms with van der Waals surface area (Å²) in [6, 6.07) is 9.68. The lowest BCUT2D eigenvalue weighted by Crippen LogP contribution is -2.49. The minimum absolute atomic E-state index is 0.0811. The first-order chi connectivity index (χ1) is 11.6. The second-order valence-electron chi connectivity index (χ2n) is 6.86. The summed E-state index contributed by atoms with van der Waals surface area (Å²) >= 11 is 0.